The van der Waals surface area contributed by atoms with Crippen molar-refractivity contribution in [2.24, 2.45) is 11.8 Å². The molecule has 4 aliphatic heterocycles. The Labute approximate surface area is 174 Å². The van der Waals surface area contributed by atoms with E-state index in [0.717, 1.165) is 5.57 Å². The average molecular weight is 417 g/mol. The molecular formula is C22H27NO7. The highest BCUT2D eigenvalue weighted by Crippen LogP contribution is 2.57. The smallest absolute Gasteiger partial charge is 0.259 e. The predicted molar refractivity (Wildman–Crippen MR) is 105 cm³/mol. The van der Waals surface area contributed by atoms with Crippen LogP contribution in [0, 0.1) is 11.8 Å². The number of hydrogen-bond acceptors (Lipinski definition) is 7. The summed E-state index contributed by atoms with van der Waals surface area (Å²) in [5.74, 6) is -2.59. The van der Waals surface area contributed by atoms with Crippen LogP contribution in [0.3, 0.4) is 0 Å². The summed E-state index contributed by atoms with van der Waals surface area (Å²) in [5, 5.41) is 12.5. The number of rotatable bonds is 4. The SMILES string of the molecule is CC(/C=C/C(O)=C1\C(=O)CNC1=O)=C\C(C)[C@@H]1O[C@@]2(C)O[C@H](C(=O)[C@@H]3OC32C)[C@@H]1C. The lowest BCUT2D eigenvalue weighted by Gasteiger charge is -2.51. The van der Waals surface area contributed by atoms with Gasteiger partial charge in [-0.05, 0) is 26.8 Å². The van der Waals surface area contributed by atoms with E-state index in [-0.39, 0.29) is 41.6 Å². The molecule has 4 saturated heterocycles. The number of epoxide rings is 1. The second kappa shape index (κ2) is 6.87. The number of hydrogen-bond donors (Lipinski definition) is 2. The number of ketones is 2. The van der Waals surface area contributed by atoms with Gasteiger partial charge in [-0.3, -0.25) is 14.4 Å². The van der Waals surface area contributed by atoms with Gasteiger partial charge in [-0.15, -0.1) is 0 Å². The number of amides is 1. The Morgan fingerprint density at radius 2 is 1.90 bits per heavy atom. The summed E-state index contributed by atoms with van der Waals surface area (Å²) in [6.07, 6.45) is 3.64. The topological polar surface area (TPSA) is 114 Å². The Morgan fingerprint density at radius 1 is 1.20 bits per heavy atom. The number of carbonyl (C=O) groups excluding carboxylic acids is 3. The molecule has 8 nitrogen and oxygen atoms in total. The van der Waals surface area contributed by atoms with Crippen LogP contribution in [0.15, 0.2) is 35.1 Å². The van der Waals surface area contributed by atoms with Gasteiger partial charge in [0.2, 0.25) is 0 Å². The second-order valence-corrected chi connectivity index (χ2v) is 8.90. The highest BCUT2D eigenvalue weighted by atomic mass is 16.8. The maximum Gasteiger partial charge on any atom is 0.259 e. The van der Waals surface area contributed by atoms with E-state index in [1.165, 1.54) is 6.08 Å². The number of ether oxygens (including phenoxy) is 3. The first-order valence-corrected chi connectivity index (χ1v) is 10.2. The molecule has 0 saturated carbocycles. The van der Waals surface area contributed by atoms with Crippen LogP contribution in [0.2, 0.25) is 0 Å². The van der Waals surface area contributed by atoms with E-state index in [0.29, 0.717) is 0 Å². The van der Waals surface area contributed by atoms with E-state index in [1.54, 1.807) is 6.08 Å². The molecule has 162 valence electrons. The van der Waals surface area contributed by atoms with Crippen molar-refractivity contribution < 1.29 is 33.7 Å². The zero-order valence-electron chi connectivity index (χ0n) is 17.7. The molecule has 4 rings (SSSR count). The third-order valence-corrected chi connectivity index (χ3v) is 6.67. The molecular weight excluding hydrogens is 390 g/mol. The van der Waals surface area contributed by atoms with Gasteiger partial charge < -0.3 is 24.6 Å². The van der Waals surface area contributed by atoms with Gasteiger partial charge in [0, 0.05) is 11.8 Å². The van der Waals surface area contributed by atoms with Crippen LogP contribution in [-0.2, 0) is 28.6 Å². The highest BCUT2D eigenvalue weighted by Gasteiger charge is 2.76. The molecule has 30 heavy (non-hydrogen) atoms. The number of aliphatic hydroxyl groups is 1. The first-order valence-electron chi connectivity index (χ1n) is 10.2. The normalized spacial score (nSPS) is 43.5. The number of Topliss-reactive ketones (excluding diaryl/α,β-unsaturated/α-hetero) is 2. The minimum absolute atomic E-state index is 0.0281. The van der Waals surface area contributed by atoms with E-state index in [2.05, 4.69) is 5.32 Å². The minimum Gasteiger partial charge on any atom is -0.507 e. The number of carbonyl (C=O) groups is 3. The predicted octanol–water partition coefficient (Wildman–Crippen LogP) is 1.51. The molecule has 8 heteroatoms. The van der Waals surface area contributed by atoms with E-state index >= 15 is 0 Å². The Balaban J connectivity index is 1.51. The van der Waals surface area contributed by atoms with Crippen LogP contribution in [0.4, 0.5) is 0 Å². The van der Waals surface area contributed by atoms with Gasteiger partial charge in [-0.2, -0.15) is 0 Å². The molecule has 2 unspecified atom stereocenters. The molecule has 2 bridgehead atoms. The van der Waals surface area contributed by atoms with Crippen LogP contribution in [0.25, 0.3) is 0 Å². The van der Waals surface area contributed by atoms with Crippen molar-refractivity contribution in [3.05, 3.63) is 35.1 Å². The van der Waals surface area contributed by atoms with Crippen LogP contribution >= 0.6 is 0 Å². The van der Waals surface area contributed by atoms with E-state index in [4.69, 9.17) is 14.2 Å². The van der Waals surface area contributed by atoms with Crippen molar-refractivity contribution >= 4 is 17.5 Å². The zero-order valence-corrected chi connectivity index (χ0v) is 17.7. The Bertz CT molecular complexity index is 900. The second-order valence-electron chi connectivity index (χ2n) is 8.90. The average Bonchev–Trinajstić information content (AvgIpc) is 3.29. The number of allylic oxidation sites excluding steroid dienone is 3. The van der Waals surface area contributed by atoms with Crippen molar-refractivity contribution in [1.82, 2.24) is 5.32 Å². The van der Waals surface area contributed by atoms with Crippen LogP contribution in [0.5, 0.6) is 0 Å². The molecule has 2 N–H and O–H groups in total. The van der Waals surface area contributed by atoms with E-state index < -0.39 is 35.3 Å². The van der Waals surface area contributed by atoms with Crippen molar-refractivity contribution in [2.45, 2.75) is 64.3 Å². The lowest BCUT2D eigenvalue weighted by atomic mass is 9.78. The van der Waals surface area contributed by atoms with Crippen molar-refractivity contribution in [3.63, 3.8) is 0 Å². The third-order valence-electron chi connectivity index (χ3n) is 6.67. The van der Waals surface area contributed by atoms with Crippen molar-refractivity contribution in [2.75, 3.05) is 6.54 Å². The van der Waals surface area contributed by atoms with Gasteiger partial charge in [0.1, 0.15) is 17.4 Å². The molecule has 0 aliphatic carbocycles. The van der Waals surface area contributed by atoms with Gasteiger partial charge in [-0.25, -0.2) is 0 Å². The molecule has 0 radical (unpaired) electrons. The van der Waals surface area contributed by atoms with Crippen LogP contribution in [-0.4, -0.2) is 58.8 Å². The quantitative estimate of drug-likeness (QED) is 0.234. The van der Waals surface area contributed by atoms with Gasteiger partial charge in [-0.1, -0.05) is 31.6 Å². The Kier molecular flexibility index (Phi) is 4.80. The lowest BCUT2D eigenvalue weighted by molar-refractivity contribution is -0.350. The summed E-state index contributed by atoms with van der Waals surface area (Å²) >= 11 is 0. The molecule has 4 aliphatic rings. The Morgan fingerprint density at radius 3 is 2.53 bits per heavy atom. The molecule has 1 amide bonds. The van der Waals surface area contributed by atoms with Gasteiger partial charge in [0.25, 0.3) is 5.91 Å². The molecule has 0 aromatic heterocycles. The number of nitrogens with one attached hydrogen (secondary N) is 1. The maximum absolute atomic E-state index is 12.7. The van der Waals surface area contributed by atoms with Crippen molar-refractivity contribution in [3.8, 4) is 0 Å². The summed E-state index contributed by atoms with van der Waals surface area (Å²) in [5.41, 5.74) is -0.167. The zero-order chi connectivity index (χ0) is 22.0. The number of fused-ring (bicyclic) bond motifs is 4. The van der Waals surface area contributed by atoms with Crippen LogP contribution in [0.1, 0.15) is 34.6 Å². The molecule has 4 heterocycles. The monoisotopic (exact) mass is 417 g/mol. The van der Waals surface area contributed by atoms with Crippen molar-refractivity contribution in [1.29, 1.82) is 0 Å². The molecule has 4 fully saturated rings. The number of aliphatic hydroxyl groups excluding tert-OH is 1. The molecule has 0 aromatic rings. The molecule has 0 aromatic carbocycles. The summed E-state index contributed by atoms with van der Waals surface area (Å²) in [4.78, 5) is 36.0. The lowest BCUT2D eigenvalue weighted by Crippen LogP contribution is -2.66. The third kappa shape index (κ3) is 3.05. The highest BCUT2D eigenvalue weighted by molar-refractivity contribution is 6.25. The maximum atomic E-state index is 12.7. The summed E-state index contributed by atoms with van der Waals surface area (Å²) in [6.45, 7) is 9.34. The largest absolute Gasteiger partial charge is 0.507 e. The standard InChI is InChI=1S/C22H27NO7/c1-10(6-7-13(24)15-14(25)9-23-20(15)27)8-11(2)17-12(3)18-16(26)19-21(4,30-19)22(5,28-17)29-18/h6-8,11-12,17-19,24H,9H2,1-5H3,(H,23,27)/b7-6+,10-8+,15-13-/t11?,12-,17+,18+,19+,21?,22+/m1/s1. The first kappa shape index (κ1) is 21.0. The summed E-state index contributed by atoms with van der Waals surface area (Å²) in [7, 11) is 0. The molecule has 7 atom stereocenters. The van der Waals surface area contributed by atoms with E-state index in [9.17, 15) is 19.5 Å². The van der Waals surface area contributed by atoms with Gasteiger partial charge >= 0.3 is 0 Å². The van der Waals surface area contributed by atoms with Crippen LogP contribution < -0.4 is 5.32 Å². The summed E-state index contributed by atoms with van der Waals surface area (Å²) in [6, 6.07) is 0. The van der Waals surface area contributed by atoms with Gasteiger partial charge in [0.15, 0.2) is 29.1 Å². The fourth-order valence-corrected chi connectivity index (χ4v) is 4.67. The first-order chi connectivity index (χ1) is 14.0. The summed E-state index contributed by atoms with van der Waals surface area (Å²) < 4.78 is 18.0. The fraction of sp³-hybridized carbons (Fsp3) is 0.591. The van der Waals surface area contributed by atoms with Gasteiger partial charge in [0.05, 0.1) is 12.6 Å². The molecule has 0 spiro atoms. The van der Waals surface area contributed by atoms with E-state index in [1.807, 2.05) is 40.7 Å². The fourth-order valence-electron chi connectivity index (χ4n) is 4.67. The Hall–Kier alpha value is -2.29. The minimum atomic E-state index is -0.988.